The molecular weight excluding hydrogens is 200 g/mol. The molecule has 0 radical (unpaired) electrons. The number of hydrogen-bond acceptors (Lipinski definition) is 3. The van der Waals surface area contributed by atoms with Crippen molar-refractivity contribution in [1.82, 2.24) is 4.98 Å². The van der Waals surface area contributed by atoms with Crippen molar-refractivity contribution in [3.63, 3.8) is 0 Å². The van der Waals surface area contributed by atoms with Crippen molar-refractivity contribution in [2.75, 3.05) is 5.75 Å². The van der Waals surface area contributed by atoms with E-state index in [-0.39, 0.29) is 0 Å². The molecule has 0 atom stereocenters. The SMILES string of the molecule is CCCSc1ccnc(C(N)=S)c1. The van der Waals surface area contributed by atoms with E-state index >= 15 is 0 Å². The second kappa shape index (κ2) is 5.19. The summed E-state index contributed by atoms with van der Waals surface area (Å²) >= 11 is 6.64. The van der Waals surface area contributed by atoms with Gasteiger partial charge in [0.2, 0.25) is 0 Å². The van der Waals surface area contributed by atoms with Crippen LogP contribution < -0.4 is 5.73 Å². The fourth-order valence-corrected chi connectivity index (χ4v) is 1.76. The van der Waals surface area contributed by atoms with E-state index in [0.717, 1.165) is 12.2 Å². The predicted molar refractivity (Wildman–Crippen MR) is 61.1 cm³/mol. The Balaban J connectivity index is 2.73. The molecule has 1 heterocycles. The minimum atomic E-state index is 0.360. The third-order valence-electron chi connectivity index (χ3n) is 1.46. The average molecular weight is 212 g/mol. The molecule has 1 aromatic rings. The largest absolute Gasteiger partial charge is 0.388 e. The van der Waals surface area contributed by atoms with Gasteiger partial charge < -0.3 is 5.73 Å². The number of nitrogens with zero attached hydrogens (tertiary/aromatic N) is 1. The molecule has 0 aromatic carbocycles. The average Bonchev–Trinajstić information content (AvgIpc) is 2.15. The maximum absolute atomic E-state index is 5.47. The Labute approximate surface area is 87.9 Å². The number of pyridine rings is 1. The van der Waals surface area contributed by atoms with Crippen molar-refractivity contribution in [2.45, 2.75) is 18.2 Å². The second-order valence-electron chi connectivity index (χ2n) is 2.59. The minimum Gasteiger partial charge on any atom is -0.388 e. The number of thiocarbonyl (C=S) groups is 1. The van der Waals surface area contributed by atoms with Crippen molar-refractivity contribution in [1.29, 1.82) is 0 Å². The van der Waals surface area contributed by atoms with Crippen LogP contribution in [0.15, 0.2) is 23.2 Å². The quantitative estimate of drug-likeness (QED) is 0.613. The Hall–Kier alpha value is -0.610. The van der Waals surface area contributed by atoms with E-state index in [1.165, 1.54) is 4.90 Å². The molecule has 2 N–H and O–H groups in total. The highest BCUT2D eigenvalue weighted by Gasteiger charge is 1.99. The van der Waals surface area contributed by atoms with Crippen LogP contribution in [0.3, 0.4) is 0 Å². The van der Waals surface area contributed by atoms with Crippen LogP contribution >= 0.6 is 24.0 Å². The summed E-state index contributed by atoms with van der Waals surface area (Å²) in [7, 11) is 0. The smallest absolute Gasteiger partial charge is 0.122 e. The first-order chi connectivity index (χ1) is 6.24. The number of aromatic nitrogens is 1. The Morgan fingerprint density at radius 2 is 2.46 bits per heavy atom. The van der Waals surface area contributed by atoms with Gasteiger partial charge in [0, 0.05) is 11.1 Å². The highest BCUT2D eigenvalue weighted by Crippen LogP contribution is 2.18. The molecule has 4 heteroatoms. The molecule has 0 spiro atoms. The van der Waals surface area contributed by atoms with Crippen LogP contribution in [0.2, 0.25) is 0 Å². The molecule has 0 aliphatic heterocycles. The normalized spacial score (nSPS) is 9.92. The predicted octanol–water partition coefficient (Wildman–Crippen LogP) is 2.22. The molecule has 0 aliphatic carbocycles. The fraction of sp³-hybridized carbons (Fsp3) is 0.333. The van der Waals surface area contributed by atoms with Crippen molar-refractivity contribution in [3.05, 3.63) is 24.0 Å². The maximum Gasteiger partial charge on any atom is 0.122 e. The Bertz CT molecular complexity index is 299. The van der Waals surface area contributed by atoms with E-state index in [9.17, 15) is 0 Å². The number of hydrogen-bond donors (Lipinski definition) is 1. The third-order valence-corrected chi connectivity index (χ3v) is 2.87. The van der Waals surface area contributed by atoms with Gasteiger partial charge in [-0.1, -0.05) is 19.1 Å². The topological polar surface area (TPSA) is 38.9 Å². The van der Waals surface area contributed by atoms with Gasteiger partial charge in [-0.25, -0.2) is 0 Å². The highest BCUT2D eigenvalue weighted by atomic mass is 32.2. The van der Waals surface area contributed by atoms with E-state index in [2.05, 4.69) is 11.9 Å². The molecule has 0 aliphatic rings. The molecule has 0 bridgehead atoms. The summed E-state index contributed by atoms with van der Waals surface area (Å²) in [6.45, 7) is 2.16. The lowest BCUT2D eigenvalue weighted by Gasteiger charge is -2.01. The van der Waals surface area contributed by atoms with Crippen LogP contribution in [0.4, 0.5) is 0 Å². The van der Waals surface area contributed by atoms with E-state index in [0.29, 0.717) is 10.7 Å². The van der Waals surface area contributed by atoms with Gasteiger partial charge in [0.15, 0.2) is 0 Å². The summed E-state index contributed by atoms with van der Waals surface area (Å²) in [6, 6.07) is 3.91. The zero-order valence-corrected chi connectivity index (χ0v) is 9.12. The molecule has 0 saturated heterocycles. The Morgan fingerprint density at radius 3 is 3.08 bits per heavy atom. The second-order valence-corrected chi connectivity index (χ2v) is 4.20. The van der Waals surface area contributed by atoms with Gasteiger partial charge in [-0.05, 0) is 24.3 Å². The van der Waals surface area contributed by atoms with Crippen LogP contribution in [0.25, 0.3) is 0 Å². The van der Waals surface area contributed by atoms with Crippen LogP contribution in [0.1, 0.15) is 19.0 Å². The van der Waals surface area contributed by atoms with Gasteiger partial charge in [-0.2, -0.15) is 0 Å². The number of rotatable bonds is 4. The molecule has 70 valence electrons. The van der Waals surface area contributed by atoms with Crippen LogP contribution in [-0.4, -0.2) is 15.7 Å². The van der Waals surface area contributed by atoms with Gasteiger partial charge in [0.25, 0.3) is 0 Å². The molecule has 0 unspecified atom stereocenters. The van der Waals surface area contributed by atoms with E-state index in [1.54, 1.807) is 18.0 Å². The lowest BCUT2D eigenvalue weighted by atomic mass is 10.3. The van der Waals surface area contributed by atoms with E-state index in [4.69, 9.17) is 18.0 Å². The summed E-state index contributed by atoms with van der Waals surface area (Å²) in [4.78, 5) is 5.61. The molecule has 13 heavy (non-hydrogen) atoms. The molecule has 0 saturated carbocycles. The molecule has 0 fully saturated rings. The zero-order chi connectivity index (χ0) is 9.68. The lowest BCUT2D eigenvalue weighted by molar-refractivity contribution is 1.10. The monoisotopic (exact) mass is 212 g/mol. The standard InChI is InChI=1S/C9H12N2S2/c1-2-5-13-7-3-4-11-8(6-7)9(10)12/h3-4,6H,2,5H2,1H3,(H2,10,12). The minimum absolute atomic E-state index is 0.360. The van der Waals surface area contributed by atoms with E-state index in [1.807, 2.05) is 12.1 Å². The Morgan fingerprint density at radius 1 is 1.69 bits per heavy atom. The molecule has 0 amide bonds. The number of nitrogens with two attached hydrogens (primary N) is 1. The van der Waals surface area contributed by atoms with Crippen LogP contribution in [0, 0.1) is 0 Å². The van der Waals surface area contributed by atoms with Gasteiger partial charge in [0.1, 0.15) is 4.99 Å². The lowest BCUT2D eigenvalue weighted by Crippen LogP contribution is -2.11. The molecule has 1 rings (SSSR count). The van der Waals surface area contributed by atoms with E-state index < -0.39 is 0 Å². The summed E-state index contributed by atoms with van der Waals surface area (Å²) in [5, 5.41) is 0. The maximum atomic E-state index is 5.47. The van der Waals surface area contributed by atoms with Crippen molar-refractivity contribution < 1.29 is 0 Å². The van der Waals surface area contributed by atoms with Crippen LogP contribution in [-0.2, 0) is 0 Å². The van der Waals surface area contributed by atoms with Crippen molar-refractivity contribution >= 4 is 29.0 Å². The summed E-state index contributed by atoms with van der Waals surface area (Å²) in [6.07, 6.45) is 2.90. The first-order valence-corrected chi connectivity index (χ1v) is 5.52. The Kier molecular flexibility index (Phi) is 4.18. The zero-order valence-electron chi connectivity index (χ0n) is 7.49. The molecule has 1 aromatic heterocycles. The first-order valence-electron chi connectivity index (χ1n) is 4.12. The van der Waals surface area contributed by atoms with Crippen molar-refractivity contribution in [3.8, 4) is 0 Å². The fourth-order valence-electron chi connectivity index (χ4n) is 0.856. The number of thioether (sulfide) groups is 1. The third kappa shape index (κ3) is 3.32. The summed E-state index contributed by atoms with van der Waals surface area (Å²) < 4.78 is 0. The van der Waals surface area contributed by atoms with Gasteiger partial charge >= 0.3 is 0 Å². The van der Waals surface area contributed by atoms with Gasteiger partial charge in [-0.3, -0.25) is 4.98 Å². The van der Waals surface area contributed by atoms with Crippen LogP contribution in [0.5, 0.6) is 0 Å². The molecular formula is C9H12N2S2. The highest BCUT2D eigenvalue weighted by molar-refractivity contribution is 7.99. The first kappa shape index (κ1) is 10.5. The summed E-state index contributed by atoms with van der Waals surface area (Å²) in [5.41, 5.74) is 6.18. The van der Waals surface area contributed by atoms with Crippen molar-refractivity contribution in [2.24, 2.45) is 5.73 Å². The van der Waals surface area contributed by atoms with Gasteiger partial charge in [-0.15, -0.1) is 11.8 Å². The van der Waals surface area contributed by atoms with Gasteiger partial charge in [0.05, 0.1) is 5.69 Å². The summed E-state index contributed by atoms with van der Waals surface area (Å²) in [5.74, 6) is 1.11. The molecule has 2 nitrogen and oxygen atoms in total.